The second kappa shape index (κ2) is 8.85. The van der Waals surface area contributed by atoms with Gasteiger partial charge in [-0.15, -0.1) is 0 Å². The lowest BCUT2D eigenvalue weighted by Gasteiger charge is -2.08. The summed E-state index contributed by atoms with van der Waals surface area (Å²) in [6, 6.07) is 17.0. The summed E-state index contributed by atoms with van der Waals surface area (Å²) >= 11 is 0. The van der Waals surface area contributed by atoms with E-state index in [9.17, 15) is 4.79 Å². The quantitative estimate of drug-likeness (QED) is 0.761. The summed E-state index contributed by atoms with van der Waals surface area (Å²) in [5.74, 6) is 0.733. The van der Waals surface area contributed by atoms with E-state index >= 15 is 0 Å². The highest BCUT2D eigenvalue weighted by atomic mass is 16.5. The molecule has 0 aromatic heterocycles. The van der Waals surface area contributed by atoms with Gasteiger partial charge in [0.15, 0.2) is 0 Å². The Morgan fingerprint density at radius 3 is 2.41 bits per heavy atom. The minimum absolute atomic E-state index is 0.0313. The molecule has 4 nitrogen and oxygen atoms in total. The van der Waals surface area contributed by atoms with Crippen LogP contribution in [0.3, 0.4) is 0 Å². The van der Waals surface area contributed by atoms with Crippen LogP contribution in [0.5, 0.6) is 5.75 Å². The van der Waals surface area contributed by atoms with Crippen LogP contribution in [0.15, 0.2) is 54.6 Å². The van der Waals surface area contributed by atoms with Crippen LogP contribution in [0.25, 0.3) is 0 Å². The molecule has 0 bridgehead atoms. The van der Waals surface area contributed by atoms with Gasteiger partial charge in [0.2, 0.25) is 5.91 Å². The maximum atomic E-state index is 12.0. The zero-order valence-electron chi connectivity index (χ0n) is 12.7. The molecule has 0 radical (unpaired) electrons. The Balaban J connectivity index is 1.79. The van der Waals surface area contributed by atoms with Crippen LogP contribution in [0.4, 0.5) is 5.69 Å². The minimum atomic E-state index is -0.0313. The third-order valence-electron chi connectivity index (χ3n) is 3.05. The van der Waals surface area contributed by atoms with Gasteiger partial charge in [-0.2, -0.15) is 0 Å². The van der Waals surface area contributed by atoms with Crippen molar-refractivity contribution in [1.82, 2.24) is 0 Å². The average molecular weight is 299 g/mol. The first-order chi connectivity index (χ1) is 10.8. The summed E-state index contributed by atoms with van der Waals surface area (Å²) in [4.78, 5) is 12.0. The molecular weight excluding hydrogens is 278 g/mol. The van der Waals surface area contributed by atoms with Gasteiger partial charge >= 0.3 is 0 Å². The third kappa shape index (κ3) is 5.58. The molecule has 2 rings (SSSR count). The van der Waals surface area contributed by atoms with Crippen LogP contribution >= 0.6 is 0 Å². The lowest BCUT2D eigenvalue weighted by atomic mass is 10.1. The van der Waals surface area contributed by atoms with Crippen LogP contribution in [-0.4, -0.2) is 25.7 Å². The van der Waals surface area contributed by atoms with Crippen molar-refractivity contribution in [2.75, 3.05) is 25.1 Å². The van der Waals surface area contributed by atoms with E-state index in [0.29, 0.717) is 26.2 Å². The number of hydrogen-bond donors (Lipinski definition) is 1. The van der Waals surface area contributed by atoms with Crippen LogP contribution in [-0.2, 0) is 16.0 Å². The second-order valence-electron chi connectivity index (χ2n) is 4.78. The van der Waals surface area contributed by atoms with Gasteiger partial charge in [-0.1, -0.05) is 30.3 Å². The topological polar surface area (TPSA) is 47.6 Å². The summed E-state index contributed by atoms with van der Waals surface area (Å²) in [6.45, 7) is 3.74. The fraction of sp³-hybridized carbons (Fsp3) is 0.278. The molecule has 0 aliphatic carbocycles. The molecule has 0 fully saturated rings. The first-order valence-corrected chi connectivity index (χ1v) is 7.42. The highest BCUT2D eigenvalue weighted by Crippen LogP contribution is 2.16. The van der Waals surface area contributed by atoms with Gasteiger partial charge in [-0.05, 0) is 36.8 Å². The number of benzene rings is 2. The van der Waals surface area contributed by atoms with Crippen molar-refractivity contribution in [2.45, 2.75) is 13.3 Å². The van der Waals surface area contributed by atoms with E-state index in [1.165, 1.54) is 0 Å². The molecule has 0 saturated carbocycles. The van der Waals surface area contributed by atoms with Gasteiger partial charge in [-0.3, -0.25) is 4.79 Å². The maximum Gasteiger partial charge on any atom is 0.228 e. The molecule has 0 unspecified atom stereocenters. The number of hydrogen-bond acceptors (Lipinski definition) is 3. The molecule has 2 aromatic rings. The normalized spacial score (nSPS) is 10.2. The van der Waals surface area contributed by atoms with Gasteiger partial charge < -0.3 is 14.8 Å². The number of rotatable bonds is 8. The molecule has 1 amide bonds. The highest BCUT2D eigenvalue weighted by molar-refractivity contribution is 5.92. The molecule has 116 valence electrons. The van der Waals surface area contributed by atoms with E-state index in [2.05, 4.69) is 5.32 Å². The van der Waals surface area contributed by atoms with Gasteiger partial charge in [0.25, 0.3) is 0 Å². The highest BCUT2D eigenvalue weighted by Gasteiger charge is 2.04. The predicted molar refractivity (Wildman–Crippen MR) is 87.2 cm³/mol. The predicted octanol–water partition coefficient (Wildman–Crippen LogP) is 3.28. The summed E-state index contributed by atoms with van der Waals surface area (Å²) < 4.78 is 10.7. The van der Waals surface area contributed by atoms with Crippen molar-refractivity contribution in [3.8, 4) is 5.75 Å². The molecule has 0 heterocycles. The Bertz CT molecular complexity index is 567. The van der Waals surface area contributed by atoms with Crippen molar-refractivity contribution in [3.05, 3.63) is 60.2 Å². The Labute approximate surface area is 131 Å². The first-order valence-electron chi connectivity index (χ1n) is 7.42. The third-order valence-corrected chi connectivity index (χ3v) is 3.05. The van der Waals surface area contributed by atoms with Crippen LogP contribution in [0.2, 0.25) is 0 Å². The monoisotopic (exact) mass is 299 g/mol. The van der Waals surface area contributed by atoms with Gasteiger partial charge in [-0.25, -0.2) is 0 Å². The maximum absolute atomic E-state index is 12.0. The lowest BCUT2D eigenvalue weighted by Crippen LogP contribution is -2.14. The van der Waals surface area contributed by atoms with E-state index in [0.717, 1.165) is 17.0 Å². The van der Waals surface area contributed by atoms with Crippen molar-refractivity contribution in [1.29, 1.82) is 0 Å². The van der Waals surface area contributed by atoms with Crippen LogP contribution < -0.4 is 10.1 Å². The first kappa shape index (κ1) is 16.0. The summed E-state index contributed by atoms with van der Waals surface area (Å²) in [7, 11) is 0. The number of ether oxygens (including phenoxy) is 2. The fourth-order valence-electron chi connectivity index (χ4n) is 1.98. The molecular formula is C18H21NO3. The Morgan fingerprint density at radius 2 is 1.73 bits per heavy atom. The lowest BCUT2D eigenvalue weighted by molar-refractivity contribution is -0.115. The van der Waals surface area contributed by atoms with Crippen molar-refractivity contribution in [2.24, 2.45) is 0 Å². The van der Waals surface area contributed by atoms with Crippen LogP contribution in [0.1, 0.15) is 12.5 Å². The number of anilines is 1. The Hall–Kier alpha value is -2.33. The molecule has 0 aliphatic rings. The fourth-order valence-corrected chi connectivity index (χ4v) is 1.98. The van der Waals surface area contributed by atoms with E-state index in [-0.39, 0.29) is 5.91 Å². The zero-order valence-corrected chi connectivity index (χ0v) is 12.7. The Morgan fingerprint density at radius 1 is 1.00 bits per heavy atom. The smallest absolute Gasteiger partial charge is 0.228 e. The van der Waals surface area contributed by atoms with Gasteiger partial charge in [0.05, 0.1) is 13.0 Å². The van der Waals surface area contributed by atoms with E-state index in [1.54, 1.807) is 0 Å². The van der Waals surface area contributed by atoms with E-state index < -0.39 is 0 Å². The molecule has 0 atom stereocenters. The minimum Gasteiger partial charge on any atom is -0.491 e. The van der Waals surface area contributed by atoms with Crippen molar-refractivity contribution < 1.29 is 14.3 Å². The molecule has 1 N–H and O–H groups in total. The van der Waals surface area contributed by atoms with Gasteiger partial charge in [0.1, 0.15) is 12.4 Å². The zero-order chi connectivity index (χ0) is 15.6. The molecule has 22 heavy (non-hydrogen) atoms. The van der Waals surface area contributed by atoms with Crippen molar-refractivity contribution >= 4 is 11.6 Å². The van der Waals surface area contributed by atoms with Crippen LogP contribution in [0, 0.1) is 0 Å². The summed E-state index contributed by atoms with van der Waals surface area (Å²) in [5.41, 5.74) is 1.76. The van der Waals surface area contributed by atoms with Gasteiger partial charge in [0, 0.05) is 12.3 Å². The van der Waals surface area contributed by atoms with E-state index in [1.807, 2.05) is 61.5 Å². The molecule has 0 spiro atoms. The molecule has 0 saturated heterocycles. The molecule has 0 aliphatic heterocycles. The summed E-state index contributed by atoms with van der Waals surface area (Å²) in [6.07, 6.45) is 0.369. The number of amides is 1. The number of carbonyl (C=O) groups excluding carboxylic acids is 1. The summed E-state index contributed by atoms with van der Waals surface area (Å²) in [5, 5.41) is 2.87. The number of carbonyl (C=O) groups is 1. The Kier molecular flexibility index (Phi) is 6.45. The average Bonchev–Trinajstić information content (AvgIpc) is 2.54. The van der Waals surface area contributed by atoms with E-state index in [4.69, 9.17) is 9.47 Å². The standard InChI is InChI=1S/C18H21NO3/c1-2-21-12-13-22-17-10-8-16(9-11-17)19-18(20)14-15-6-4-3-5-7-15/h3-11H,2,12-14H2,1H3,(H,19,20). The molecule has 2 aromatic carbocycles. The molecule has 4 heteroatoms. The largest absolute Gasteiger partial charge is 0.491 e. The SMILES string of the molecule is CCOCCOc1ccc(NC(=O)Cc2ccccc2)cc1. The second-order valence-corrected chi connectivity index (χ2v) is 4.78. The number of nitrogens with one attached hydrogen (secondary N) is 1. The van der Waals surface area contributed by atoms with Crippen molar-refractivity contribution in [3.63, 3.8) is 0 Å².